The molecule has 3 heterocycles. The Balaban J connectivity index is 1.24. The van der Waals surface area contributed by atoms with Crippen molar-refractivity contribution in [2.24, 2.45) is 5.41 Å². The fourth-order valence-electron chi connectivity index (χ4n) is 3.69. The minimum atomic E-state index is -0.113. The summed E-state index contributed by atoms with van der Waals surface area (Å²) in [5.41, 5.74) is 0.544. The number of rotatable bonds is 1. The molecule has 1 aliphatic carbocycles. The third-order valence-electron chi connectivity index (χ3n) is 5.56. The molecule has 0 bridgehead atoms. The summed E-state index contributed by atoms with van der Waals surface area (Å²) in [4.78, 5) is 14.1. The Labute approximate surface area is 119 Å². The highest BCUT2D eigenvalue weighted by molar-refractivity contribution is 5.68. The molecule has 2 spiro atoms. The predicted molar refractivity (Wildman–Crippen MR) is 71.5 cm³/mol. The van der Waals surface area contributed by atoms with Gasteiger partial charge in [-0.05, 0) is 38.5 Å². The molecule has 0 aromatic carbocycles. The van der Waals surface area contributed by atoms with E-state index < -0.39 is 0 Å². The Bertz CT molecular complexity index is 383. The first-order valence-electron chi connectivity index (χ1n) is 7.86. The second-order valence-corrected chi connectivity index (χ2v) is 7.03. The van der Waals surface area contributed by atoms with E-state index in [1.165, 1.54) is 0 Å². The monoisotopic (exact) mass is 281 g/mol. The predicted octanol–water partition coefficient (Wildman–Crippen LogP) is 1.95. The molecule has 20 heavy (non-hydrogen) atoms. The maximum atomic E-state index is 12.2. The van der Waals surface area contributed by atoms with Crippen molar-refractivity contribution in [3.05, 3.63) is 0 Å². The van der Waals surface area contributed by atoms with Crippen LogP contribution in [0.3, 0.4) is 0 Å². The van der Waals surface area contributed by atoms with E-state index in [-0.39, 0.29) is 17.8 Å². The first kappa shape index (κ1) is 12.9. The minimum absolute atomic E-state index is 0.0975. The van der Waals surface area contributed by atoms with E-state index >= 15 is 0 Å². The highest BCUT2D eigenvalue weighted by Gasteiger charge is 2.48. The van der Waals surface area contributed by atoms with Crippen LogP contribution in [0.15, 0.2) is 0 Å². The molecule has 3 aliphatic heterocycles. The van der Waals surface area contributed by atoms with Gasteiger partial charge in [-0.15, -0.1) is 0 Å². The van der Waals surface area contributed by atoms with Crippen LogP contribution in [0, 0.1) is 5.41 Å². The van der Waals surface area contributed by atoms with E-state index in [1.807, 2.05) is 4.90 Å². The summed E-state index contributed by atoms with van der Waals surface area (Å²) in [7, 11) is 0. The van der Waals surface area contributed by atoms with E-state index in [0.29, 0.717) is 5.41 Å². The molecule has 1 saturated carbocycles. The Morgan fingerprint density at radius 1 is 1.05 bits per heavy atom. The fourth-order valence-corrected chi connectivity index (χ4v) is 3.69. The molecular weight excluding hydrogens is 258 g/mol. The van der Waals surface area contributed by atoms with Crippen molar-refractivity contribution in [3.63, 3.8) is 0 Å². The number of carbonyl (C=O) groups excluding carboxylic acids is 1. The lowest BCUT2D eigenvalue weighted by molar-refractivity contribution is -0.138. The number of piperidine rings is 1. The molecule has 112 valence electrons. The highest BCUT2D eigenvalue weighted by atomic mass is 16.6. The molecule has 0 aromatic heterocycles. The van der Waals surface area contributed by atoms with Crippen LogP contribution in [0.5, 0.6) is 0 Å². The topological polar surface area (TPSA) is 51.3 Å². The minimum Gasteiger partial charge on any atom is -0.446 e. The van der Waals surface area contributed by atoms with Gasteiger partial charge < -0.3 is 19.1 Å². The van der Waals surface area contributed by atoms with Gasteiger partial charge >= 0.3 is 6.09 Å². The van der Waals surface area contributed by atoms with Crippen molar-refractivity contribution in [3.8, 4) is 0 Å². The standard InChI is InChI=1S/C15H23NO4/c17-13(16-7-5-14(6-8-16)9-18-10-14)20-12-1-3-15(4-2-12)11-19-15/h12H,1-11H2. The highest BCUT2D eigenvalue weighted by Crippen LogP contribution is 2.42. The molecule has 4 aliphatic rings. The van der Waals surface area contributed by atoms with E-state index in [2.05, 4.69) is 0 Å². The van der Waals surface area contributed by atoms with Gasteiger partial charge in [-0.25, -0.2) is 4.79 Å². The molecule has 0 aromatic rings. The third-order valence-corrected chi connectivity index (χ3v) is 5.56. The molecule has 4 rings (SSSR count). The van der Waals surface area contributed by atoms with Gasteiger partial charge in [0.2, 0.25) is 0 Å². The number of ether oxygens (including phenoxy) is 3. The SMILES string of the molecule is O=C(OC1CCC2(CC1)CO2)N1CCC2(CC1)COC2. The van der Waals surface area contributed by atoms with Crippen LogP contribution in [0.2, 0.25) is 0 Å². The summed E-state index contributed by atoms with van der Waals surface area (Å²) >= 11 is 0. The number of amides is 1. The Kier molecular flexibility index (Phi) is 2.96. The zero-order chi connectivity index (χ0) is 13.6. The van der Waals surface area contributed by atoms with Crippen LogP contribution in [-0.4, -0.2) is 55.6 Å². The van der Waals surface area contributed by atoms with E-state index in [9.17, 15) is 4.79 Å². The first-order chi connectivity index (χ1) is 9.69. The van der Waals surface area contributed by atoms with Crippen molar-refractivity contribution >= 4 is 6.09 Å². The summed E-state index contributed by atoms with van der Waals surface area (Å²) in [5.74, 6) is 0. The first-order valence-corrected chi connectivity index (χ1v) is 7.86. The van der Waals surface area contributed by atoms with Crippen LogP contribution in [0.25, 0.3) is 0 Å². The van der Waals surface area contributed by atoms with E-state index in [1.54, 1.807) is 0 Å². The van der Waals surface area contributed by atoms with Crippen LogP contribution < -0.4 is 0 Å². The van der Waals surface area contributed by atoms with Gasteiger partial charge in [0.15, 0.2) is 0 Å². The molecule has 0 unspecified atom stereocenters. The largest absolute Gasteiger partial charge is 0.446 e. The van der Waals surface area contributed by atoms with Crippen molar-refractivity contribution in [2.45, 2.75) is 50.2 Å². The fraction of sp³-hybridized carbons (Fsp3) is 0.933. The smallest absolute Gasteiger partial charge is 0.410 e. The van der Waals surface area contributed by atoms with Gasteiger partial charge in [-0.1, -0.05) is 0 Å². The van der Waals surface area contributed by atoms with Crippen LogP contribution in [0.1, 0.15) is 38.5 Å². The Hall–Kier alpha value is -0.810. The third kappa shape index (κ3) is 2.31. The number of hydrogen-bond acceptors (Lipinski definition) is 4. The van der Waals surface area contributed by atoms with Gasteiger partial charge in [-0.3, -0.25) is 0 Å². The average molecular weight is 281 g/mol. The molecule has 5 nitrogen and oxygen atoms in total. The van der Waals surface area contributed by atoms with E-state index in [4.69, 9.17) is 14.2 Å². The van der Waals surface area contributed by atoms with Crippen LogP contribution >= 0.6 is 0 Å². The number of hydrogen-bond donors (Lipinski definition) is 0. The lowest BCUT2D eigenvalue weighted by atomic mass is 9.77. The number of carbonyl (C=O) groups is 1. The molecule has 3 saturated heterocycles. The molecule has 1 amide bonds. The molecule has 0 radical (unpaired) electrons. The van der Waals surface area contributed by atoms with E-state index in [0.717, 1.165) is 71.4 Å². The summed E-state index contributed by atoms with van der Waals surface area (Å²) in [6, 6.07) is 0. The molecule has 0 N–H and O–H groups in total. The Morgan fingerprint density at radius 2 is 1.70 bits per heavy atom. The summed E-state index contributed by atoms with van der Waals surface area (Å²) in [6.07, 6.45) is 6.11. The molecular formula is C15H23NO4. The van der Waals surface area contributed by atoms with Gasteiger partial charge in [0.05, 0.1) is 25.4 Å². The van der Waals surface area contributed by atoms with Crippen molar-refractivity contribution in [1.82, 2.24) is 4.90 Å². The molecule has 0 atom stereocenters. The zero-order valence-corrected chi connectivity index (χ0v) is 11.9. The van der Waals surface area contributed by atoms with Crippen molar-refractivity contribution in [1.29, 1.82) is 0 Å². The maximum Gasteiger partial charge on any atom is 0.410 e. The second-order valence-electron chi connectivity index (χ2n) is 7.03. The Morgan fingerprint density at radius 3 is 2.20 bits per heavy atom. The van der Waals surface area contributed by atoms with Gasteiger partial charge in [0.1, 0.15) is 6.10 Å². The lowest BCUT2D eigenvalue weighted by Crippen LogP contribution is -2.52. The summed E-state index contributed by atoms with van der Waals surface area (Å²) in [6.45, 7) is 4.30. The van der Waals surface area contributed by atoms with Crippen LogP contribution in [-0.2, 0) is 14.2 Å². The van der Waals surface area contributed by atoms with Crippen molar-refractivity contribution in [2.75, 3.05) is 32.9 Å². The van der Waals surface area contributed by atoms with Crippen molar-refractivity contribution < 1.29 is 19.0 Å². The van der Waals surface area contributed by atoms with Crippen LogP contribution in [0.4, 0.5) is 4.79 Å². The normalized spacial score (nSPS) is 38.6. The summed E-state index contributed by atoms with van der Waals surface area (Å²) in [5, 5.41) is 0. The lowest BCUT2D eigenvalue weighted by Gasteiger charge is -2.47. The molecule has 4 fully saturated rings. The molecule has 5 heteroatoms. The maximum absolute atomic E-state index is 12.2. The number of epoxide rings is 1. The second kappa shape index (κ2) is 4.60. The number of likely N-dealkylation sites (tertiary alicyclic amines) is 1. The quantitative estimate of drug-likeness (QED) is 0.689. The van der Waals surface area contributed by atoms with Gasteiger partial charge in [0, 0.05) is 18.5 Å². The average Bonchev–Trinajstić information content (AvgIpc) is 3.20. The van der Waals surface area contributed by atoms with Gasteiger partial charge in [0.25, 0.3) is 0 Å². The number of nitrogens with zero attached hydrogens (tertiary/aromatic N) is 1. The van der Waals surface area contributed by atoms with Gasteiger partial charge in [-0.2, -0.15) is 0 Å². The zero-order valence-electron chi connectivity index (χ0n) is 11.9. The summed E-state index contributed by atoms with van der Waals surface area (Å²) < 4.78 is 16.5.